The van der Waals surface area contributed by atoms with Gasteiger partial charge in [-0.05, 0) is 51.4 Å². The molecule has 0 aromatic carbocycles. The third kappa shape index (κ3) is 8.55. The number of rotatable bonds is 3. The summed E-state index contributed by atoms with van der Waals surface area (Å²) in [6.45, 7) is 9.18. The van der Waals surface area contributed by atoms with Crippen molar-refractivity contribution >= 4 is 5.97 Å². The molecule has 0 aromatic rings. The number of esters is 1. The molecule has 0 aliphatic carbocycles. The van der Waals surface area contributed by atoms with Gasteiger partial charge in [0.05, 0.1) is 37.1 Å². The van der Waals surface area contributed by atoms with E-state index in [0.717, 1.165) is 31.3 Å². The molecule has 1 N–H and O–H groups in total. The van der Waals surface area contributed by atoms with Crippen LogP contribution in [0.5, 0.6) is 0 Å². The lowest BCUT2D eigenvalue weighted by Gasteiger charge is -2.28. The Morgan fingerprint density at radius 3 is 2.83 bits per heavy atom. The summed E-state index contributed by atoms with van der Waals surface area (Å²) in [6.07, 6.45) is 18.6. The lowest BCUT2D eigenvalue weighted by molar-refractivity contribution is -0.143. The highest BCUT2D eigenvalue weighted by atomic mass is 16.6. The maximum Gasteiger partial charge on any atom is 0.330 e. The van der Waals surface area contributed by atoms with Gasteiger partial charge >= 0.3 is 5.97 Å². The smallest absolute Gasteiger partial charge is 0.330 e. The van der Waals surface area contributed by atoms with E-state index in [9.17, 15) is 9.90 Å². The maximum atomic E-state index is 12.6. The second-order valence-electron chi connectivity index (χ2n) is 10.9. The molecular weight excluding hydrogens is 456 g/mol. The maximum absolute atomic E-state index is 12.6. The predicted molar refractivity (Wildman–Crippen MR) is 139 cm³/mol. The Kier molecular flexibility index (Phi) is 9.77. The molecule has 0 radical (unpaired) electrons. The van der Waals surface area contributed by atoms with Crippen LogP contribution in [0.2, 0.25) is 0 Å². The molecule has 4 aliphatic rings. The van der Waals surface area contributed by atoms with Crippen molar-refractivity contribution in [3.8, 4) is 0 Å². The standard InChI is InChI=1S/C30H42O6/c1-20-13-14-33-24(16-20)9-5-11-26-19-28-30(36-28)27(31)18-22(3)15-21(2)17-25-10-4-7-23(34-25)8-6-12-29(32)35-26/h4-7,9,12-13,21,23-28,30-31H,3,8,10-11,14-19H2,1-2H3/b9-5+,12-6-/t21?,23-,24?,25?,26?,27?,28-,30-/m0/s1. The summed E-state index contributed by atoms with van der Waals surface area (Å²) in [7, 11) is 0. The van der Waals surface area contributed by atoms with Crippen LogP contribution in [0.15, 0.2) is 60.3 Å². The summed E-state index contributed by atoms with van der Waals surface area (Å²) >= 11 is 0. The van der Waals surface area contributed by atoms with Crippen LogP contribution in [0.1, 0.15) is 65.2 Å². The van der Waals surface area contributed by atoms with Crippen molar-refractivity contribution in [3.63, 3.8) is 0 Å². The van der Waals surface area contributed by atoms with Crippen LogP contribution in [0.3, 0.4) is 0 Å². The van der Waals surface area contributed by atoms with Crippen molar-refractivity contribution in [3.05, 3.63) is 60.3 Å². The molecule has 5 unspecified atom stereocenters. The minimum Gasteiger partial charge on any atom is -0.459 e. The van der Waals surface area contributed by atoms with E-state index in [-0.39, 0.29) is 42.6 Å². The summed E-state index contributed by atoms with van der Waals surface area (Å²) in [5.41, 5.74) is 2.37. The molecule has 198 valence electrons. The van der Waals surface area contributed by atoms with Gasteiger partial charge in [-0.15, -0.1) is 0 Å². The number of fused-ring (bicyclic) bond motifs is 3. The molecule has 1 saturated heterocycles. The Bertz CT molecular complexity index is 886. The monoisotopic (exact) mass is 498 g/mol. The number of aliphatic hydroxyl groups is 1. The van der Waals surface area contributed by atoms with Gasteiger partial charge in [0.2, 0.25) is 0 Å². The van der Waals surface area contributed by atoms with Gasteiger partial charge in [0.1, 0.15) is 12.2 Å². The second kappa shape index (κ2) is 13.0. The zero-order valence-electron chi connectivity index (χ0n) is 21.7. The van der Waals surface area contributed by atoms with Gasteiger partial charge in [-0.1, -0.05) is 61.1 Å². The fraction of sp³-hybridized carbons (Fsp3) is 0.633. The van der Waals surface area contributed by atoms with Gasteiger partial charge in [0.25, 0.3) is 0 Å². The van der Waals surface area contributed by atoms with Crippen LogP contribution in [0.25, 0.3) is 0 Å². The Morgan fingerprint density at radius 1 is 1.14 bits per heavy atom. The van der Waals surface area contributed by atoms with Gasteiger partial charge in [-0.25, -0.2) is 4.79 Å². The highest BCUT2D eigenvalue weighted by molar-refractivity contribution is 5.82. The summed E-state index contributed by atoms with van der Waals surface area (Å²) < 4.78 is 23.6. The number of carbonyl (C=O) groups excluding carboxylic acids is 1. The lowest BCUT2D eigenvalue weighted by atomic mass is 9.91. The van der Waals surface area contributed by atoms with E-state index in [2.05, 4.69) is 44.7 Å². The highest BCUT2D eigenvalue weighted by Gasteiger charge is 2.45. The van der Waals surface area contributed by atoms with E-state index in [1.807, 2.05) is 12.2 Å². The van der Waals surface area contributed by atoms with E-state index in [0.29, 0.717) is 38.2 Å². The molecule has 4 heterocycles. The lowest BCUT2D eigenvalue weighted by Crippen LogP contribution is -2.26. The minimum absolute atomic E-state index is 0.0312. The van der Waals surface area contributed by atoms with Crippen molar-refractivity contribution in [1.82, 2.24) is 0 Å². The van der Waals surface area contributed by atoms with E-state index in [4.69, 9.17) is 18.9 Å². The molecule has 4 rings (SSSR count). The van der Waals surface area contributed by atoms with Crippen molar-refractivity contribution < 1.29 is 28.8 Å². The molecule has 0 spiro atoms. The van der Waals surface area contributed by atoms with Gasteiger partial charge in [0.15, 0.2) is 0 Å². The third-order valence-electron chi connectivity index (χ3n) is 7.33. The first-order valence-electron chi connectivity index (χ1n) is 13.5. The molecule has 4 aliphatic heterocycles. The summed E-state index contributed by atoms with van der Waals surface area (Å²) in [5, 5.41) is 10.7. The van der Waals surface area contributed by atoms with Crippen LogP contribution in [0.4, 0.5) is 0 Å². The molecule has 36 heavy (non-hydrogen) atoms. The number of carbonyl (C=O) groups is 1. The summed E-state index contributed by atoms with van der Waals surface area (Å²) in [6, 6.07) is 0. The SMILES string of the molecule is C=C1CC(C)CC2CC=C[C@@H](C/C=C\C(=O)OC(C/C=C/C3CC(C)=CCO3)C[C@@H]3O[C@H]3C(O)C1)O2. The topological polar surface area (TPSA) is 77.5 Å². The van der Waals surface area contributed by atoms with Gasteiger partial charge in [0, 0.05) is 18.9 Å². The molecule has 6 nitrogen and oxygen atoms in total. The van der Waals surface area contributed by atoms with Crippen molar-refractivity contribution in [1.29, 1.82) is 0 Å². The fourth-order valence-electron chi connectivity index (χ4n) is 5.45. The average molecular weight is 499 g/mol. The summed E-state index contributed by atoms with van der Waals surface area (Å²) in [4.78, 5) is 12.6. The number of hydrogen-bond acceptors (Lipinski definition) is 6. The molecule has 2 bridgehead atoms. The Labute approximate surface area is 215 Å². The van der Waals surface area contributed by atoms with E-state index < -0.39 is 6.10 Å². The zero-order valence-corrected chi connectivity index (χ0v) is 21.7. The number of hydrogen-bond donors (Lipinski definition) is 1. The van der Waals surface area contributed by atoms with Crippen LogP contribution in [-0.2, 0) is 23.7 Å². The predicted octanol–water partition coefficient (Wildman–Crippen LogP) is 5.13. The molecule has 1 fully saturated rings. The van der Waals surface area contributed by atoms with Crippen molar-refractivity contribution in [2.45, 2.75) is 108 Å². The first kappa shape index (κ1) is 27.1. The first-order valence-corrected chi connectivity index (χ1v) is 13.5. The third-order valence-corrected chi connectivity index (χ3v) is 7.33. The fourth-order valence-corrected chi connectivity index (χ4v) is 5.45. The molecule has 6 heteroatoms. The number of ether oxygens (including phenoxy) is 4. The van der Waals surface area contributed by atoms with Crippen molar-refractivity contribution in [2.24, 2.45) is 5.92 Å². The molecular formula is C30H42O6. The van der Waals surface area contributed by atoms with E-state index in [1.165, 1.54) is 11.6 Å². The number of cyclic esters (lactones) is 1. The van der Waals surface area contributed by atoms with Crippen LogP contribution in [-0.4, -0.2) is 60.4 Å². The van der Waals surface area contributed by atoms with Gasteiger partial charge in [-0.2, -0.15) is 0 Å². The highest BCUT2D eigenvalue weighted by Crippen LogP contribution is 2.34. The van der Waals surface area contributed by atoms with Gasteiger partial charge < -0.3 is 24.1 Å². The molecule has 0 aromatic heterocycles. The number of aliphatic hydroxyl groups excluding tert-OH is 1. The molecule has 8 atom stereocenters. The Morgan fingerprint density at radius 2 is 2.00 bits per heavy atom. The van der Waals surface area contributed by atoms with Crippen molar-refractivity contribution in [2.75, 3.05) is 6.61 Å². The van der Waals surface area contributed by atoms with E-state index >= 15 is 0 Å². The normalized spacial score (nSPS) is 39.5. The Hall–Kier alpha value is -1.99. The largest absolute Gasteiger partial charge is 0.459 e. The summed E-state index contributed by atoms with van der Waals surface area (Å²) in [5.74, 6) is 0.0593. The second-order valence-corrected chi connectivity index (χ2v) is 10.9. The first-order chi connectivity index (χ1) is 17.4. The van der Waals surface area contributed by atoms with E-state index in [1.54, 1.807) is 0 Å². The number of epoxide rings is 1. The average Bonchev–Trinajstić information content (AvgIpc) is 3.58. The van der Waals surface area contributed by atoms with Crippen LogP contribution >= 0.6 is 0 Å². The quantitative estimate of drug-likeness (QED) is 0.330. The van der Waals surface area contributed by atoms with Gasteiger partial charge in [-0.3, -0.25) is 0 Å². The Balaban J connectivity index is 1.40. The zero-order chi connectivity index (χ0) is 25.5. The van der Waals surface area contributed by atoms with Crippen LogP contribution < -0.4 is 0 Å². The molecule has 0 amide bonds. The van der Waals surface area contributed by atoms with Crippen LogP contribution in [0, 0.1) is 5.92 Å². The minimum atomic E-state index is -0.594. The molecule has 0 saturated carbocycles.